The molecular formula is C30H33ClN6O3. The van der Waals surface area contributed by atoms with Crippen molar-refractivity contribution in [3.63, 3.8) is 0 Å². The normalized spacial score (nSPS) is 13.3. The fraction of sp³-hybridized carbons (Fsp3) is 0.333. The molecule has 0 saturated heterocycles. The largest absolute Gasteiger partial charge is 0.495 e. The number of nitrogens with one attached hydrogen (secondary N) is 1. The van der Waals surface area contributed by atoms with Crippen LogP contribution < -0.4 is 14.8 Å². The molecule has 1 saturated carbocycles. The average molecular weight is 561 g/mol. The number of pyridine rings is 1. The van der Waals surface area contributed by atoms with Crippen molar-refractivity contribution < 1.29 is 14.3 Å². The highest BCUT2D eigenvalue weighted by atomic mass is 35.5. The van der Waals surface area contributed by atoms with Gasteiger partial charge < -0.3 is 19.7 Å². The van der Waals surface area contributed by atoms with Gasteiger partial charge in [0, 0.05) is 41.8 Å². The van der Waals surface area contributed by atoms with Crippen molar-refractivity contribution in [2.75, 3.05) is 25.6 Å². The second-order valence-corrected chi connectivity index (χ2v) is 9.99. The molecule has 2 aromatic heterocycles. The lowest BCUT2D eigenvalue weighted by Gasteiger charge is -2.29. The summed E-state index contributed by atoms with van der Waals surface area (Å²) in [7, 11) is 1.58. The second-order valence-electron chi connectivity index (χ2n) is 9.59. The van der Waals surface area contributed by atoms with Gasteiger partial charge in [-0.15, -0.1) is 0 Å². The highest BCUT2D eigenvalue weighted by Gasteiger charge is 2.27. The number of anilines is 1. The topological polar surface area (TPSA) is 94.4 Å². The lowest BCUT2D eigenvalue weighted by molar-refractivity contribution is 0.184. The molecule has 0 bridgehead atoms. The number of ether oxygens (including phenoxy) is 2. The summed E-state index contributed by atoms with van der Waals surface area (Å²) in [6.07, 6.45) is 7.62. The third-order valence-corrected chi connectivity index (χ3v) is 7.31. The number of urea groups is 1. The van der Waals surface area contributed by atoms with Crippen LogP contribution in [0.25, 0.3) is 22.8 Å². The van der Waals surface area contributed by atoms with E-state index in [4.69, 9.17) is 31.2 Å². The third-order valence-electron chi connectivity index (χ3n) is 7.02. The molecule has 10 heteroatoms. The van der Waals surface area contributed by atoms with Crippen LogP contribution >= 0.6 is 11.6 Å². The summed E-state index contributed by atoms with van der Waals surface area (Å²) in [5.74, 6) is 2.60. The maximum atomic E-state index is 13.5. The molecule has 0 unspecified atom stereocenters. The van der Waals surface area contributed by atoms with E-state index >= 15 is 0 Å². The molecule has 0 spiro atoms. The minimum absolute atomic E-state index is 0.125. The Balaban J connectivity index is 1.40. The number of carbonyl (C=O) groups is 1. The number of benzene rings is 2. The molecule has 2 aromatic carbocycles. The zero-order valence-corrected chi connectivity index (χ0v) is 23.5. The minimum atomic E-state index is -0.125. The van der Waals surface area contributed by atoms with Crippen molar-refractivity contribution in [1.29, 1.82) is 0 Å². The molecular weight excluding hydrogens is 528 g/mol. The lowest BCUT2D eigenvalue weighted by Crippen LogP contribution is -2.43. The Kier molecular flexibility index (Phi) is 8.81. The molecule has 0 aliphatic heterocycles. The van der Waals surface area contributed by atoms with Crippen molar-refractivity contribution in [1.82, 2.24) is 24.6 Å². The van der Waals surface area contributed by atoms with Crippen LogP contribution in [0.15, 0.2) is 67.0 Å². The Morgan fingerprint density at radius 1 is 1.07 bits per heavy atom. The van der Waals surface area contributed by atoms with Gasteiger partial charge in [-0.3, -0.25) is 4.98 Å². The molecule has 0 atom stereocenters. The number of aromatic nitrogens is 4. The monoisotopic (exact) mass is 560 g/mol. The summed E-state index contributed by atoms with van der Waals surface area (Å²) >= 11 is 6.46. The summed E-state index contributed by atoms with van der Waals surface area (Å²) in [6, 6.07) is 16.8. The maximum absolute atomic E-state index is 13.5. The Labute approximate surface area is 239 Å². The summed E-state index contributed by atoms with van der Waals surface area (Å²) in [4.78, 5) is 24.4. The van der Waals surface area contributed by atoms with Gasteiger partial charge in [-0.25, -0.2) is 14.5 Å². The predicted molar refractivity (Wildman–Crippen MR) is 156 cm³/mol. The smallest absolute Gasteiger partial charge is 0.322 e. The van der Waals surface area contributed by atoms with Crippen LogP contribution in [0.5, 0.6) is 11.5 Å². The first-order valence-corrected chi connectivity index (χ1v) is 13.9. The van der Waals surface area contributed by atoms with E-state index in [9.17, 15) is 4.79 Å². The van der Waals surface area contributed by atoms with E-state index < -0.39 is 0 Å². The fourth-order valence-electron chi connectivity index (χ4n) is 5.01. The van der Waals surface area contributed by atoms with E-state index in [0.717, 1.165) is 48.2 Å². The van der Waals surface area contributed by atoms with E-state index in [2.05, 4.69) is 10.3 Å². The van der Waals surface area contributed by atoms with Gasteiger partial charge in [-0.05, 0) is 74.4 Å². The third kappa shape index (κ3) is 6.37. The van der Waals surface area contributed by atoms with Crippen molar-refractivity contribution >= 4 is 23.3 Å². The molecule has 2 heterocycles. The molecule has 4 aromatic rings. The molecule has 0 radical (unpaired) electrons. The molecule has 40 heavy (non-hydrogen) atoms. The molecule has 1 aliphatic carbocycles. The number of amides is 2. The van der Waals surface area contributed by atoms with Gasteiger partial charge in [-0.2, -0.15) is 5.10 Å². The molecule has 9 nitrogen and oxygen atoms in total. The maximum Gasteiger partial charge on any atom is 0.322 e. The minimum Gasteiger partial charge on any atom is -0.495 e. The zero-order chi connectivity index (χ0) is 27.9. The Bertz CT molecular complexity index is 1420. The first-order valence-electron chi connectivity index (χ1n) is 13.6. The highest BCUT2D eigenvalue weighted by Crippen LogP contribution is 2.31. The fourth-order valence-corrected chi connectivity index (χ4v) is 5.26. The van der Waals surface area contributed by atoms with Gasteiger partial charge in [-0.1, -0.05) is 24.4 Å². The van der Waals surface area contributed by atoms with Gasteiger partial charge in [0.15, 0.2) is 11.6 Å². The quantitative estimate of drug-likeness (QED) is 0.236. The summed E-state index contributed by atoms with van der Waals surface area (Å²) in [6.45, 7) is 3.48. The van der Waals surface area contributed by atoms with Crippen molar-refractivity contribution in [2.24, 2.45) is 0 Å². The highest BCUT2D eigenvalue weighted by molar-refractivity contribution is 6.32. The van der Waals surface area contributed by atoms with E-state index in [0.29, 0.717) is 42.1 Å². The van der Waals surface area contributed by atoms with Crippen LogP contribution in [-0.4, -0.2) is 57.0 Å². The molecule has 1 fully saturated rings. The number of halogens is 1. The molecule has 5 rings (SSSR count). The standard InChI is InChI=1S/C30H33ClN6O3/c1-3-40-25-11-9-23(10-12-25)33-30(38)36(24-6-4-5-7-24)18-19-37-29(22-8-13-27(39-2)26(31)20-22)34-28(35-37)21-14-16-32-17-15-21/h8-17,20,24H,3-7,18-19H2,1-2H3,(H,33,38). The van der Waals surface area contributed by atoms with Gasteiger partial charge in [0.05, 0.1) is 25.3 Å². The number of hydrogen-bond acceptors (Lipinski definition) is 6. The second kappa shape index (κ2) is 12.8. The van der Waals surface area contributed by atoms with Gasteiger partial charge in [0.2, 0.25) is 0 Å². The first-order chi connectivity index (χ1) is 19.6. The molecule has 2 amide bonds. The van der Waals surface area contributed by atoms with Gasteiger partial charge >= 0.3 is 6.03 Å². The Morgan fingerprint density at radius 3 is 2.50 bits per heavy atom. The van der Waals surface area contributed by atoms with Crippen LogP contribution in [-0.2, 0) is 6.54 Å². The van der Waals surface area contributed by atoms with E-state index in [-0.39, 0.29) is 12.1 Å². The predicted octanol–water partition coefficient (Wildman–Crippen LogP) is 6.54. The average Bonchev–Trinajstić information content (AvgIpc) is 3.66. The summed E-state index contributed by atoms with van der Waals surface area (Å²) in [5, 5.41) is 8.39. The van der Waals surface area contributed by atoms with E-state index in [1.54, 1.807) is 19.5 Å². The van der Waals surface area contributed by atoms with Crippen molar-refractivity contribution in [2.45, 2.75) is 45.2 Å². The number of hydrogen-bond donors (Lipinski definition) is 1. The molecule has 1 aliphatic rings. The van der Waals surface area contributed by atoms with Crippen molar-refractivity contribution in [3.8, 4) is 34.3 Å². The SMILES string of the molecule is CCOc1ccc(NC(=O)N(CCn2nc(-c3ccncc3)nc2-c2ccc(OC)c(Cl)c2)C2CCCC2)cc1. The molecule has 208 valence electrons. The van der Waals surface area contributed by atoms with Crippen LogP contribution in [0.3, 0.4) is 0 Å². The number of nitrogens with zero attached hydrogens (tertiary/aromatic N) is 5. The number of methoxy groups -OCH3 is 1. The molecule has 1 N–H and O–H groups in total. The van der Waals surface area contributed by atoms with Crippen LogP contribution in [0.2, 0.25) is 5.02 Å². The summed E-state index contributed by atoms with van der Waals surface area (Å²) in [5.41, 5.74) is 2.39. The Morgan fingerprint density at radius 2 is 1.82 bits per heavy atom. The Hall–Kier alpha value is -4.11. The van der Waals surface area contributed by atoms with Crippen LogP contribution in [0.1, 0.15) is 32.6 Å². The van der Waals surface area contributed by atoms with Crippen LogP contribution in [0, 0.1) is 0 Å². The van der Waals surface area contributed by atoms with Gasteiger partial charge in [0.25, 0.3) is 0 Å². The van der Waals surface area contributed by atoms with Crippen LogP contribution in [0.4, 0.5) is 10.5 Å². The van der Waals surface area contributed by atoms with E-state index in [1.807, 2.05) is 71.1 Å². The zero-order valence-electron chi connectivity index (χ0n) is 22.7. The lowest BCUT2D eigenvalue weighted by atomic mass is 10.2. The van der Waals surface area contributed by atoms with Crippen molar-refractivity contribution in [3.05, 3.63) is 72.0 Å². The van der Waals surface area contributed by atoms with E-state index in [1.165, 1.54) is 0 Å². The number of carbonyl (C=O) groups excluding carboxylic acids is 1. The summed E-state index contributed by atoms with van der Waals surface area (Å²) < 4.78 is 12.7. The van der Waals surface area contributed by atoms with Gasteiger partial charge in [0.1, 0.15) is 11.5 Å². The first kappa shape index (κ1) is 27.5. The number of rotatable bonds is 10.